The summed E-state index contributed by atoms with van der Waals surface area (Å²) >= 11 is 6.16. The minimum absolute atomic E-state index is 0.128. The molecule has 1 aromatic heterocycles. The number of hydrogen-bond acceptors (Lipinski definition) is 3. The Balaban J connectivity index is 1.83. The molecule has 0 bridgehead atoms. The molecule has 0 aliphatic heterocycles. The van der Waals surface area contributed by atoms with Crippen LogP contribution in [0.15, 0.2) is 36.4 Å². The first-order chi connectivity index (χ1) is 12.9. The lowest BCUT2D eigenvalue weighted by molar-refractivity contribution is 0.0696. The normalized spacial score (nSPS) is 12.8. The molecule has 0 saturated heterocycles. The number of amides is 1. The number of hydrogen-bond donors (Lipinski definition) is 2. The Hall–Kier alpha value is -2.92. The molecule has 136 valence electrons. The van der Waals surface area contributed by atoms with E-state index in [4.69, 9.17) is 11.6 Å². The largest absolute Gasteiger partial charge is 0.478 e. The standard InChI is InChI=1S/C21H17ClN2O3/c1-11-5-6-12(21(26)27)9-18(11)24-20(25)19-14-3-2-4-16(14)23-17-8-7-13(22)10-15(17)19/h5-10H,2-4H2,1H3,(H,24,25)(H,26,27). The van der Waals surface area contributed by atoms with E-state index in [-0.39, 0.29) is 11.5 Å². The van der Waals surface area contributed by atoms with Crippen molar-refractivity contribution in [1.29, 1.82) is 0 Å². The molecule has 5 nitrogen and oxygen atoms in total. The van der Waals surface area contributed by atoms with Crippen molar-refractivity contribution < 1.29 is 14.7 Å². The molecule has 0 saturated carbocycles. The highest BCUT2D eigenvalue weighted by atomic mass is 35.5. The third-order valence-corrected chi connectivity index (χ3v) is 5.17. The van der Waals surface area contributed by atoms with Crippen molar-refractivity contribution in [2.24, 2.45) is 0 Å². The van der Waals surface area contributed by atoms with E-state index >= 15 is 0 Å². The molecule has 4 rings (SSSR count). The van der Waals surface area contributed by atoms with Gasteiger partial charge in [-0.05, 0) is 67.6 Å². The van der Waals surface area contributed by atoms with Crippen LogP contribution in [0.2, 0.25) is 5.02 Å². The van der Waals surface area contributed by atoms with Gasteiger partial charge >= 0.3 is 5.97 Å². The van der Waals surface area contributed by atoms with E-state index in [1.807, 2.05) is 13.0 Å². The van der Waals surface area contributed by atoms with Crippen molar-refractivity contribution in [2.45, 2.75) is 26.2 Å². The summed E-state index contributed by atoms with van der Waals surface area (Å²) in [4.78, 5) is 29.1. The average molecular weight is 381 g/mol. The van der Waals surface area contributed by atoms with Crippen molar-refractivity contribution in [3.05, 3.63) is 69.4 Å². The van der Waals surface area contributed by atoms with E-state index in [0.29, 0.717) is 21.7 Å². The molecule has 0 fully saturated rings. The predicted octanol–water partition coefficient (Wildman–Crippen LogP) is 4.64. The topological polar surface area (TPSA) is 79.3 Å². The van der Waals surface area contributed by atoms with Crippen LogP contribution < -0.4 is 5.32 Å². The molecule has 2 aromatic carbocycles. The van der Waals surface area contributed by atoms with Crippen molar-refractivity contribution in [1.82, 2.24) is 4.98 Å². The number of fused-ring (bicyclic) bond motifs is 2. The molecule has 3 aromatic rings. The first kappa shape index (κ1) is 17.5. The quantitative estimate of drug-likeness (QED) is 0.694. The molecular weight excluding hydrogens is 364 g/mol. The number of aryl methyl sites for hydroxylation is 2. The highest BCUT2D eigenvalue weighted by molar-refractivity contribution is 6.31. The van der Waals surface area contributed by atoms with Crippen molar-refractivity contribution >= 4 is 40.1 Å². The third-order valence-electron chi connectivity index (χ3n) is 4.93. The fourth-order valence-electron chi connectivity index (χ4n) is 3.57. The SMILES string of the molecule is Cc1ccc(C(=O)O)cc1NC(=O)c1c2c(nc3ccc(Cl)cc13)CCC2. The van der Waals surface area contributed by atoms with Gasteiger partial charge in [-0.1, -0.05) is 17.7 Å². The Labute approximate surface area is 161 Å². The van der Waals surface area contributed by atoms with Gasteiger partial charge < -0.3 is 10.4 Å². The molecule has 0 unspecified atom stereocenters. The Morgan fingerprint density at radius 2 is 1.96 bits per heavy atom. The van der Waals surface area contributed by atoms with Crippen LogP contribution in [0.25, 0.3) is 10.9 Å². The number of carboxylic acid groups (broad SMARTS) is 1. The van der Waals surface area contributed by atoms with Crippen molar-refractivity contribution in [2.75, 3.05) is 5.32 Å². The third kappa shape index (κ3) is 3.15. The molecule has 27 heavy (non-hydrogen) atoms. The number of nitrogens with one attached hydrogen (secondary N) is 1. The van der Waals surface area contributed by atoms with Crippen molar-refractivity contribution in [3.63, 3.8) is 0 Å². The summed E-state index contributed by atoms with van der Waals surface area (Å²) in [5, 5.41) is 13.4. The molecule has 0 radical (unpaired) electrons. The summed E-state index contributed by atoms with van der Waals surface area (Å²) in [5.74, 6) is -1.30. The first-order valence-electron chi connectivity index (χ1n) is 8.70. The summed E-state index contributed by atoms with van der Waals surface area (Å²) in [5.41, 5.74) is 4.63. The smallest absolute Gasteiger partial charge is 0.335 e. The molecule has 2 N–H and O–H groups in total. The van der Waals surface area contributed by atoms with Gasteiger partial charge in [0.25, 0.3) is 5.91 Å². The number of nitrogens with zero attached hydrogens (tertiary/aromatic N) is 1. The zero-order valence-electron chi connectivity index (χ0n) is 14.7. The van der Waals surface area contributed by atoms with Gasteiger partial charge in [0, 0.05) is 21.8 Å². The van der Waals surface area contributed by atoms with Crippen LogP contribution >= 0.6 is 11.6 Å². The molecule has 1 aliphatic carbocycles. The fraction of sp³-hybridized carbons (Fsp3) is 0.190. The lowest BCUT2D eigenvalue weighted by Crippen LogP contribution is -2.17. The second-order valence-electron chi connectivity index (χ2n) is 6.72. The van der Waals surface area contributed by atoms with E-state index in [9.17, 15) is 14.7 Å². The van der Waals surface area contributed by atoms with Gasteiger partial charge in [0.05, 0.1) is 16.6 Å². The van der Waals surface area contributed by atoms with Crippen LogP contribution in [0, 0.1) is 6.92 Å². The Kier molecular flexibility index (Phi) is 4.32. The summed E-state index contributed by atoms with van der Waals surface area (Å²) < 4.78 is 0. The first-order valence-corrected chi connectivity index (χ1v) is 9.08. The Bertz CT molecular complexity index is 1110. The van der Waals surface area contributed by atoms with Crippen LogP contribution in [0.1, 0.15) is 44.0 Å². The highest BCUT2D eigenvalue weighted by Crippen LogP contribution is 2.32. The lowest BCUT2D eigenvalue weighted by atomic mass is 10.00. The number of carbonyl (C=O) groups excluding carboxylic acids is 1. The molecular formula is C21H17ClN2O3. The zero-order chi connectivity index (χ0) is 19.1. The number of halogens is 1. The lowest BCUT2D eigenvalue weighted by Gasteiger charge is -2.14. The number of carboxylic acids is 1. The maximum atomic E-state index is 13.2. The Morgan fingerprint density at radius 1 is 1.15 bits per heavy atom. The van der Waals surface area contributed by atoms with E-state index in [1.165, 1.54) is 12.1 Å². The maximum Gasteiger partial charge on any atom is 0.335 e. The van der Waals surface area contributed by atoms with Gasteiger partial charge in [-0.2, -0.15) is 0 Å². The van der Waals surface area contributed by atoms with E-state index < -0.39 is 5.97 Å². The average Bonchev–Trinajstić information content (AvgIpc) is 3.09. The fourth-order valence-corrected chi connectivity index (χ4v) is 3.74. The van der Waals surface area contributed by atoms with Gasteiger partial charge in [0.15, 0.2) is 0 Å². The minimum Gasteiger partial charge on any atom is -0.478 e. The Morgan fingerprint density at radius 3 is 2.74 bits per heavy atom. The summed E-state index contributed by atoms with van der Waals surface area (Å²) in [6, 6.07) is 10.0. The van der Waals surface area contributed by atoms with Crippen LogP contribution in [0.5, 0.6) is 0 Å². The highest BCUT2D eigenvalue weighted by Gasteiger charge is 2.24. The van der Waals surface area contributed by atoms with Crippen LogP contribution in [-0.4, -0.2) is 22.0 Å². The van der Waals surface area contributed by atoms with E-state index in [0.717, 1.165) is 41.6 Å². The van der Waals surface area contributed by atoms with Crippen LogP contribution in [0.3, 0.4) is 0 Å². The molecule has 0 atom stereocenters. The number of pyridine rings is 1. The molecule has 1 aliphatic rings. The van der Waals surface area contributed by atoms with Gasteiger partial charge in [-0.15, -0.1) is 0 Å². The molecule has 1 amide bonds. The van der Waals surface area contributed by atoms with Crippen LogP contribution in [0.4, 0.5) is 5.69 Å². The molecule has 1 heterocycles. The van der Waals surface area contributed by atoms with Gasteiger partial charge in [-0.3, -0.25) is 9.78 Å². The number of rotatable bonds is 3. The van der Waals surface area contributed by atoms with E-state index in [1.54, 1.807) is 18.2 Å². The number of anilines is 1. The molecule has 6 heteroatoms. The number of aromatic carboxylic acids is 1. The second-order valence-corrected chi connectivity index (χ2v) is 7.15. The summed E-state index contributed by atoms with van der Waals surface area (Å²) in [6.07, 6.45) is 2.60. The number of aromatic nitrogens is 1. The molecule has 0 spiro atoms. The number of benzene rings is 2. The summed E-state index contributed by atoms with van der Waals surface area (Å²) in [6.45, 7) is 1.83. The van der Waals surface area contributed by atoms with Gasteiger partial charge in [0.1, 0.15) is 0 Å². The zero-order valence-corrected chi connectivity index (χ0v) is 15.4. The summed E-state index contributed by atoms with van der Waals surface area (Å²) in [7, 11) is 0. The minimum atomic E-state index is -1.03. The van der Waals surface area contributed by atoms with E-state index in [2.05, 4.69) is 10.3 Å². The maximum absolute atomic E-state index is 13.2. The van der Waals surface area contributed by atoms with Gasteiger partial charge in [-0.25, -0.2) is 4.79 Å². The second kappa shape index (κ2) is 6.67. The van der Waals surface area contributed by atoms with Crippen molar-refractivity contribution in [3.8, 4) is 0 Å². The number of carbonyl (C=O) groups is 2. The monoisotopic (exact) mass is 380 g/mol. The van der Waals surface area contributed by atoms with Crippen LogP contribution in [-0.2, 0) is 12.8 Å². The predicted molar refractivity (Wildman–Crippen MR) is 105 cm³/mol. The van der Waals surface area contributed by atoms with Gasteiger partial charge in [0.2, 0.25) is 0 Å².